The molecule has 1 saturated heterocycles. The lowest BCUT2D eigenvalue weighted by Gasteiger charge is -2.39. The number of aromatic hydroxyl groups is 1. The Morgan fingerprint density at radius 2 is 1.80 bits per heavy atom. The number of carbonyl (C=O) groups excluding carboxylic acids is 1. The lowest BCUT2D eigenvalue weighted by atomic mass is 9.77. The Morgan fingerprint density at radius 1 is 1.15 bits per heavy atom. The number of rotatable bonds is 1. The van der Waals surface area contributed by atoms with Gasteiger partial charge in [0.05, 0.1) is 4.47 Å². The number of benzene rings is 1. The van der Waals surface area contributed by atoms with Crippen molar-refractivity contribution in [3.63, 3.8) is 0 Å². The smallest absolute Gasteiger partial charge is 0.253 e. The van der Waals surface area contributed by atoms with Crippen LogP contribution in [0, 0.1) is 5.41 Å². The highest BCUT2D eigenvalue weighted by Crippen LogP contribution is 2.46. The maximum absolute atomic E-state index is 12.5. The molecular formula is C16H20BrNO2. The summed E-state index contributed by atoms with van der Waals surface area (Å²) in [5, 5.41) is 9.70. The van der Waals surface area contributed by atoms with Gasteiger partial charge in [-0.15, -0.1) is 0 Å². The standard InChI is InChI=1S/C16H20BrNO2/c17-13-4-3-12(11-14(13)19)15(20)18-9-7-16(8-10-18)5-1-2-6-16/h3-4,11,19H,1-2,5-10H2. The molecule has 2 aliphatic rings. The summed E-state index contributed by atoms with van der Waals surface area (Å²) in [6.07, 6.45) is 7.67. The van der Waals surface area contributed by atoms with Crippen LogP contribution in [0.15, 0.2) is 22.7 Å². The molecule has 1 saturated carbocycles. The first-order valence-electron chi connectivity index (χ1n) is 7.38. The fourth-order valence-corrected chi connectivity index (χ4v) is 3.88. The second-order valence-corrected chi connectivity index (χ2v) is 7.02. The molecule has 1 amide bonds. The van der Waals surface area contributed by atoms with Gasteiger partial charge in [0.1, 0.15) is 5.75 Å². The molecule has 0 aromatic heterocycles. The highest BCUT2D eigenvalue weighted by Gasteiger charge is 2.38. The van der Waals surface area contributed by atoms with Crippen molar-refractivity contribution in [1.82, 2.24) is 4.90 Å². The zero-order valence-electron chi connectivity index (χ0n) is 11.6. The molecule has 3 rings (SSSR count). The SMILES string of the molecule is O=C(c1ccc(Br)c(O)c1)N1CCC2(CCCC2)CC1. The minimum absolute atomic E-state index is 0.0423. The third-order valence-corrected chi connectivity index (χ3v) is 5.64. The Morgan fingerprint density at radius 3 is 2.40 bits per heavy atom. The van der Waals surface area contributed by atoms with Gasteiger partial charge in [-0.3, -0.25) is 4.79 Å². The van der Waals surface area contributed by atoms with Crippen LogP contribution < -0.4 is 0 Å². The van der Waals surface area contributed by atoms with E-state index in [0.29, 0.717) is 15.5 Å². The number of phenolic OH excluding ortho intramolecular Hbond substituents is 1. The number of amides is 1. The number of likely N-dealkylation sites (tertiary alicyclic amines) is 1. The molecule has 0 atom stereocenters. The van der Waals surface area contributed by atoms with Crippen molar-refractivity contribution in [3.05, 3.63) is 28.2 Å². The lowest BCUT2D eigenvalue weighted by Crippen LogP contribution is -2.42. The van der Waals surface area contributed by atoms with E-state index in [1.165, 1.54) is 25.7 Å². The molecule has 0 unspecified atom stereocenters. The van der Waals surface area contributed by atoms with Gasteiger partial charge < -0.3 is 10.0 Å². The molecule has 1 aromatic carbocycles. The quantitative estimate of drug-likeness (QED) is 0.842. The molecule has 0 radical (unpaired) electrons. The van der Waals surface area contributed by atoms with Crippen LogP contribution in [0.2, 0.25) is 0 Å². The Hall–Kier alpha value is -1.03. The second-order valence-electron chi connectivity index (χ2n) is 6.17. The van der Waals surface area contributed by atoms with E-state index in [0.717, 1.165) is 25.9 Å². The lowest BCUT2D eigenvalue weighted by molar-refractivity contribution is 0.0587. The summed E-state index contributed by atoms with van der Waals surface area (Å²) in [4.78, 5) is 14.4. The van der Waals surface area contributed by atoms with Crippen LogP contribution in [0.1, 0.15) is 48.9 Å². The average molecular weight is 338 g/mol. The van der Waals surface area contributed by atoms with Gasteiger partial charge in [0.2, 0.25) is 0 Å². The predicted octanol–water partition coefficient (Wildman–Crippen LogP) is 3.95. The van der Waals surface area contributed by atoms with Crippen LogP contribution >= 0.6 is 15.9 Å². The number of piperidine rings is 1. The second kappa shape index (κ2) is 5.40. The monoisotopic (exact) mass is 337 g/mol. The molecule has 1 aromatic rings. The van der Waals surface area contributed by atoms with Gasteiger partial charge >= 0.3 is 0 Å². The van der Waals surface area contributed by atoms with Crippen LogP contribution in [0.25, 0.3) is 0 Å². The van der Waals surface area contributed by atoms with Crippen LogP contribution in [-0.2, 0) is 0 Å². The van der Waals surface area contributed by atoms with Gasteiger partial charge in [0.15, 0.2) is 0 Å². The molecule has 108 valence electrons. The van der Waals surface area contributed by atoms with E-state index >= 15 is 0 Å². The van der Waals surface area contributed by atoms with Crippen molar-refractivity contribution in [1.29, 1.82) is 0 Å². The summed E-state index contributed by atoms with van der Waals surface area (Å²) >= 11 is 3.24. The summed E-state index contributed by atoms with van der Waals surface area (Å²) < 4.78 is 0.623. The zero-order chi connectivity index (χ0) is 14.2. The third-order valence-electron chi connectivity index (χ3n) is 4.97. The number of hydrogen-bond acceptors (Lipinski definition) is 2. The summed E-state index contributed by atoms with van der Waals surface area (Å²) in [5.74, 6) is 0.167. The molecule has 20 heavy (non-hydrogen) atoms. The number of phenols is 1. The molecule has 4 heteroatoms. The summed E-state index contributed by atoms with van der Waals surface area (Å²) in [7, 11) is 0. The van der Waals surface area contributed by atoms with Crippen molar-refractivity contribution >= 4 is 21.8 Å². The summed E-state index contributed by atoms with van der Waals surface area (Å²) in [6.45, 7) is 1.71. The van der Waals surface area contributed by atoms with Crippen LogP contribution in [0.5, 0.6) is 5.75 Å². The molecular weight excluding hydrogens is 318 g/mol. The van der Waals surface area contributed by atoms with Crippen molar-refractivity contribution in [2.24, 2.45) is 5.41 Å². The first kappa shape index (κ1) is 13.9. The topological polar surface area (TPSA) is 40.5 Å². The van der Waals surface area contributed by atoms with E-state index in [2.05, 4.69) is 15.9 Å². The normalized spacial score (nSPS) is 21.4. The van der Waals surface area contributed by atoms with E-state index in [1.54, 1.807) is 18.2 Å². The maximum Gasteiger partial charge on any atom is 0.253 e. The zero-order valence-corrected chi connectivity index (χ0v) is 13.2. The largest absolute Gasteiger partial charge is 0.507 e. The minimum Gasteiger partial charge on any atom is -0.507 e. The van der Waals surface area contributed by atoms with Crippen LogP contribution in [0.4, 0.5) is 0 Å². The average Bonchev–Trinajstić information content (AvgIpc) is 2.90. The number of carbonyl (C=O) groups is 1. The number of nitrogens with zero attached hydrogens (tertiary/aromatic N) is 1. The van der Waals surface area contributed by atoms with E-state index in [-0.39, 0.29) is 11.7 Å². The first-order chi connectivity index (χ1) is 9.60. The van der Waals surface area contributed by atoms with E-state index in [1.807, 2.05) is 4.90 Å². The highest BCUT2D eigenvalue weighted by molar-refractivity contribution is 9.10. The fraction of sp³-hybridized carbons (Fsp3) is 0.562. The minimum atomic E-state index is 0.0423. The Labute approximate surface area is 128 Å². The molecule has 1 N–H and O–H groups in total. The van der Waals surface area contributed by atoms with E-state index in [9.17, 15) is 9.90 Å². The predicted molar refractivity (Wildman–Crippen MR) is 81.8 cm³/mol. The number of hydrogen-bond donors (Lipinski definition) is 1. The molecule has 2 fully saturated rings. The van der Waals surface area contributed by atoms with E-state index < -0.39 is 0 Å². The first-order valence-corrected chi connectivity index (χ1v) is 8.17. The van der Waals surface area contributed by atoms with Crippen molar-refractivity contribution in [2.45, 2.75) is 38.5 Å². The van der Waals surface area contributed by atoms with Gasteiger partial charge in [-0.2, -0.15) is 0 Å². The van der Waals surface area contributed by atoms with Crippen molar-refractivity contribution in [2.75, 3.05) is 13.1 Å². The van der Waals surface area contributed by atoms with Gasteiger partial charge in [0, 0.05) is 18.7 Å². The Bertz CT molecular complexity index is 513. The van der Waals surface area contributed by atoms with E-state index in [4.69, 9.17) is 0 Å². The van der Waals surface area contributed by atoms with Gasteiger partial charge in [-0.05, 0) is 65.2 Å². The highest BCUT2D eigenvalue weighted by atomic mass is 79.9. The van der Waals surface area contributed by atoms with Crippen molar-refractivity contribution < 1.29 is 9.90 Å². The molecule has 1 heterocycles. The van der Waals surface area contributed by atoms with Crippen molar-refractivity contribution in [3.8, 4) is 5.75 Å². The van der Waals surface area contributed by atoms with Gasteiger partial charge in [-0.1, -0.05) is 12.8 Å². The molecule has 1 spiro atoms. The third kappa shape index (κ3) is 2.58. The van der Waals surface area contributed by atoms with Gasteiger partial charge in [-0.25, -0.2) is 0 Å². The molecule has 1 aliphatic carbocycles. The van der Waals surface area contributed by atoms with Gasteiger partial charge in [0.25, 0.3) is 5.91 Å². The summed E-state index contributed by atoms with van der Waals surface area (Å²) in [6, 6.07) is 5.05. The molecule has 1 aliphatic heterocycles. The van der Waals surface area contributed by atoms with Crippen LogP contribution in [-0.4, -0.2) is 29.0 Å². The fourth-order valence-electron chi connectivity index (χ4n) is 3.64. The van der Waals surface area contributed by atoms with Crippen LogP contribution in [0.3, 0.4) is 0 Å². The number of halogens is 1. The summed E-state index contributed by atoms with van der Waals surface area (Å²) in [5.41, 5.74) is 1.10. The molecule has 3 nitrogen and oxygen atoms in total. The maximum atomic E-state index is 12.5. The Balaban J connectivity index is 1.68. The molecule has 0 bridgehead atoms. The Kier molecular flexibility index (Phi) is 3.76.